The highest BCUT2D eigenvalue weighted by Crippen LogP contribution is 2.35. The van der Waals surface area contributed by atoms with Gasteiger partial charge in [-0.05, 0) is 44.1 Å². The summed E-state index contributed by atoms with van der Waals surface area (Å²) < 4.78 is 13.3. The van der Waals surface area contributed by atoms with E-state index in [1.165, 1.54) is 0 Å². The Morgan fingerprint density at radius 1 is 1.26 bits per heavy atom. The number of aryl methyl sites for hydroxylation is 1. The third kappa shape index (κ3) is 3.27. The van der Waals surface area contributed by atoms with Crippen LogP contribution in [0, 0.1) is 0 Å². The average Bonchev–Trinajstić information content (AvgIpc) is 2.87. The summed E-state index contributed by atoms with van der Waals surface area (Å²) in [5, 5.41) is 4.20. The highest BCUT2D eigenvalue weighted by molar-refractivity contribution is 5.75. The van der Waals surface area contributed by atoms with Gasteiger partial charge in [0, 0.05) is 19.2 Å². The molecule has 1 unspecified atom stereocenters. The van der Waals surface area contributed by atoms with E-state index in [2.05, 4.69) is 17.0 Å². The van der Waals surface area contributed by atoms with Crippen LogP contribution >= 0.6 is 0 Å². The van der Waals surface area contributed by atoms with Crippen molar-refractivity contribution in [1.82, 2.24) is 14.7 Å². The van der Waals surface area contributed by atoms with Gasteiger partial charge in [-0.3, -0.25) is 4.68 Å². The summed E-state index contributed by atoms with van der Waals surface area (Å²) in [7, 11) is 5.62. The normalized spacial score (nSPS) is 18.8. The van der Waals surface area contributed by atoms with Gasteiger partial charge in [-0.25, -0.2) is 0 Å². The lowest BCUT2D eigenvalue weighted by atomic mass is 10.1. The smallest absolute Gasteiger partial charge is 0.162 e. The number of rotatable bonds is 4. The molecule has 124 valence electrons. The zero-order valence-electron chi connectivity index (χ0n) is 14.0. The lowest BCUT2D eigenvalue weighted by Gasteiger charge is -2.30. The number of hydrogen-bond acceptors (Lipinski definition) is 5. The van der Waals surface area contributed by atoms with Crippen molar-refractivity contribution in [3.8, 4) is 22.6 Å². The number of hydrogen-bond donors (Lipinski definition) is 1. The van der Waals surface area contributed by atoms with E-state index in [0.29, 0.717) is 5.82 Å². The van der Waals surface area contributed by atoms with Gasteiger partial charge in [0.15, 0.2) is 11.5 Å². The molecule has 0 saturated carbocycles. The Morgan fingerprint density at radius 2 is 2.09 bits per heavy atom. The molecule has 0 spiro atoms. The Kier molecular flexibility index (Phi) is 4.43. The molecule has 3 rings (SSSR count). The maximum absolute atomic E-state index is 6.22. The van der Waals surface area contributed by atoms with E-state index in [-0.39, 0.29) is 6.10 Å². The van der Waals surface area contributed by atoms with Gasteiger partial charge in [0.1, 0.15) is 11.9 Å². The first-order valence-corrected chi connectivity index (χ1v) is 7.89. The van der Waals surface area contributed by atoms with E-state index in [1.54, 1.807) is 18.0 Å². The lowest BCUT2D eigenvalue weighted by Crippen LogP contribution is -2.38. The Balaban J connectivity index is 1.88. The fourth-order valence-electron chi connectivity index (χ4n) is 3.00. The maximum atomic E-state index is 6.22. The van der Waals surface area contributed by atoms with Crippen LogP contribution in [-0.4, -0.2) is 48.0 Å². The number of anilines is 1. The average molecular weight is 316 g/mol. The molecule has 2 aromatic rings. The van der Waals surface area contributed by atoms with Crippen LogP contribution in [0.5, 0.6) is 11.5 Å². The lowest BCUT2D eigenvalue weighted by molar-refractivity contribution is 0.101. The predicted molar refractivity (Wildman–Crippen MR) is 90.8 cm³/mol. The van der Waals surface area contributed by atoms with Crippen molar-refractivity contribution in [2.45, 2.75) is 18.9 Å². The van der Waals surface area contributed by atoms with E-state index in [4.69, 9.17) is 15.2 Å². The number of aromatic nitrogens is 2. The van der Waals surface area contributed by atoms with Gasteiger partial charge in [-0.1, -0.05) is 6.07 Å². The number of ether oxygens (including phenoxy) is 2. The van der Waals surface area contributed by atoms with E-state index in [1.807, 2.05) is 25.2 Å². The van der Waals surface area contributed by atoms with Crippen molar-refractivity contribution in [3.05, 3.63) is 24.4 Å². The van der Waals surface area contributed by atoms with Gasteiger partial charge in [0.2, 0.25) is 0 Å². The first kappa shape index (κ1) is 15.7. The molecule has 0 aliphatic carbocycles. The Hall–Kier alpha value is -2.21. The molecule has 0 radical (unpaired) electrons. The van der Waals surface area contributed by atoms with Crippen LogP contribution < -0.4 is 15.2 Å². The van der Waals surface area contributed by atoms with Crippen LogP contribution in [-0.2, 0) is 7.05 Å². The Bertz CT molecular complexity index is 683. The molecule has 2 heterocycles. The molecule has 0 bridgehead atoms. The van der Waals surface area contributed by atoms with Crippen molar-refractivity contribution in [1.29, 1.82) is 0 Å². The molecule has 1 aliphatic rings. The van der Waals surface area contributed by atoms with E-state index >= 15 is 0 Å². The highest BCUT2D eigenvalue weighted by Gasteiger charge is 2.20. The first-order valence-electron chi connectivity index (χ1n) is 7.89. The molecule has 1 aromatic carbocycles. The molecule has 6 heteroatoms. The summed E-state index contributed by atoms with van der Waals surface area (Å²) in [4.78, 5) is 2.30. The number of likely N-dealkylation sites (tertiary alicyclic amines) is 1. The number of benzene rings is 1. The summed E-state index contributed by atoms with van der Waals surface area (Å²) in [5.74, 6) is 2.14. The fourth-order valence-corrected chi connectivity index (χ4v) is 3.00. The summed E-state index contributed by atoms with van der Waals surface area (Å²) >= 11 is 0. The molecule has 6 nitrogen and oxygen atoms in total. The molecule has 1 fully saturated rings. The minimum absolute atomic E-state index is 0.184. The number of likely N-dealkylation sites (N-methyl/N-ethyl adjacent to an activating group) is 1. The van der Waals surface area contributed by atoms with Crippen LogP contribution in [0.1, 0.15) is 12.8 Å². The summed E-state index contributed by atoms with van der Waals surface area (Å²) in [6.45, 7) is 2.06. The predicted octanol–water partition coefficient (Wildman–Crippen LogP) is 2.15. The minimum atomic E-state index is 0.184. The van der Waals surface area contributed by atoms with Gasteiger partial charge in [0.05, 0.1) is 13.3 Å². The first-order chi connectivity index (χ1) is 11.1. The van der Waals surface area contributed by atoms with Gasteiger partial charge in [-0.2, -0.15) is 5.10 Å². The number of nitrogens with two attached hydrogens (primary N) is 1. The number of methoxy groups -OCH3 is 1. The molecule has 1 atom stereocenters. The summed E-state index contributed by atoms with van der Waals surface area (Å²) in [6.07, 6.45) is 4.17. The van der Waals surface area contributed by atoms with Crippen molar-refractivity contribution in [3.63, 3.8) is 0 Å². The van der Waals surface area contributed by atoms with Gasteiger partial charge in [-0.15, -0.1) is 0 Å². The van der Waals surface area contributed by atoms with Crippen LogP contribution in [0.4, 0.5) is 5.82 Å². The zero-order valence-corrected chi connectivity index (χ0v) is 14.0. The molecule has 1 aromatic heterocycles. The third-order valence-corrected chi connectivity index (χ3v) is 4.33. The SMILES string of the molecule is COc1ccc(-c2cnn(C)c2N)cc1OC1CCCN(C)C1. The molecular formula is C17H24N4O2. The largest absolute Gasteiger partial charge is 0.493 e. The van der Waals surface area contributed by atoms with Crippen LogP contribution in [0.25, 0.3) is 11.1 Å². The Morgan fingerprint density at radius 3 is 2.74 bits per heavy atom. The second-order valence-electron chi connectivity index (χ2n) is 6.08. The maximum Gasteiger partial charge on any atom is 0.162 e. The topological polar surface area (TPSA) is 65.5 Å². The fraction of sp³-hybridized carbons (Fsp3) is 0.471. The van der Waals surface area contributed by atoms with Crippen LogP contribution in [0.2, 0.25) is 0 Å². The highest BCUT2D eigenvalue weighted by atomic mass is 16.5. The van der Waals surface area contributed by atoms with Gasteiger partial charge in [0.25, 0.3) is 0 Å². The molecule has 2 N–H and O–H groups in total. The minimum Gasteiger partial charge on any atom is -0.493 e. The monoisotopic (exact) mass is 316 g/mol. The van der Waals surface area contributed by atoms with E-state index in [0.717, 1.165) is 48.6 Å². The molecule has 1 aliphatic heterocycles. The van der Waals surface area contributed by atoms with Crippen molar-refractivity contribution >= 4 is 5.82 Å². The second kappa shape index (κ2) is 6.50. The summed E-state index contributed by atoms with van der Waals surface area (Å²) in [5.41, 5.74) is 7.96. The molecule has 0 amide bonds. The summed E-state index contributed by atoms with van der Waals surface area (Å²) in [6, 6.07) is 5.89. The van der Waals surface area contributed by atoms with Gasteiger partial charge >= 0.3 is 0 Å². The molecular weight excluding hydrogens is 292 g/mol. The number of piperidine rings is 1. The number of nitrogens with zero attached hydrogens (tertiary/aromatic N) is 3. The standard InChI is InChI=1S/C17H24N4O2/c1-20-8-4-5-13(11-20)23-16-9-12(6-7-15(16)22-3)14-10-19-21(2)17(14)18/h6-7,9-10,13H,4-5,8,11,18H2,1-3H3. The van der Waals surface area contributed by atoms with E-state index < -0.39 is 0 Å². The third-order valence-electron chi connectivity index (χ3n) is 4.33. The zero-order chi connectivity index (χ0) is 16.4. The van der Waals surface area contributed by atoms with Crippen molar-refractivity contribution in [2.24, 2.45) is 7.05 Å². The van der Waals surface area contributed by atoms with Crippen molar-refractivity contribution in [2.75, 3.05) is 33.0 Å². The number of nitrogen functional groups attached to an aromatic ring is 1. The molecule has 23 heavy (non-hydrogen) atoms. The van der Waals surface area contributed by atoms with Gasteiger partial charge < -0.3 is 20.1 Å². The van der Waals surface area contributed by atoms with Crippen molar-refractivity contribution < 1.29 is 9.47 Å². The molecule has 1 saturated heterocycles. The van der Waals surface area contributed by atoms with Crippen LogP contribution in [0.15, 0.2) is 24.4 Å². The van der Waals surface area contributed by atoms with E-state index in [9.17, 15) is 0 Å². The van der Waals surface area contributed by atoms with Crippen LogP contribution in [0.3, 0.4) is 0 Å². The Labute approximate surface area is 136 Å². The second-order valence-corrected chi connectivity index (χ2v) is 6.08. The quantitative estimate of drug-likeness (QED) is 0.936.